The maximum atomic E-state index is 12.1. The Hall–Kier alpha value is -0.536. The molecule has 0 radical (unpaired) electrons. The van der Waals surface area contributed by atoms with Gasteiger partial charge in [0, 0.05) is 35.3 Å². The molecular formula is C31H63NO8Si2. The van der Waals surface area contributed by atoms with Crippen LogP contribution >= 0.6 is 0 Å². The van der Waals surface area contributed by atoms with Crippen molar-refractivity contribution in [3.63, 3.8) is 0 Å². The minimum absolute atomic E-state index is 0.166. The second-order valence-electron chi connectivity index (χ2n) is 16.0. The van der Waals surface area contributed by atoms with Gasteiger partial charge in [0.25, 0.3) is 0 Å². The molecule has 1 amide bonds. The lowest BCUT2D eigenvalue weighted by Gasteiger charge is -2.49. The summed E-state index contributed by atoms with van der Waals surface area (Å²) in [5.74, 6) is -0.672. The zero-order valence-corrected chi connectivity index (χ0v) is 30.0. The summed E-state index contributed by atoms with van der Waals surface area (Å²) in [5.41, 5.74) is 3.01. The Morgan fingerprint density at radius 3 is 1.43 bits per heavy atom. The number of nitrogens with two attached hydrogens (primary N) is 1. The summed E-state index contributed by atoms with van der Waals surface area (Å²) in [7, 11) is -2.43. The molecule has 2 aliphatic carbocycles. The van der Waals surface area contributed by atoms with Gasteiger partial charge in [-0.3, -0.25) is 0 Å². The van der Waals surface area contributed by atoms with E-state index in [1.165, 1.54) is 0 Å². The lowest BCUT2D eigenvalue weighted by molar-refractivity contribution is -0.155. The van der Waals surface area contributed by atoms with Crippen LogP contribution in [0.3, 0.4) is 0 Å². The molecule has 0 aromatic rings. The molecule has 0 heterocycles. The summed E-state index contributed by atoms with van der Waals surface area (Å²) in [5, 5.41) is 22.6. The third-order valence-electron chi connectivity index (χ3n) is 9.02. The van der Waals surface area contributed by atoms with Gasteiger partial charge in [-0.1, -0.05) is 39.3 Å². The van der Waals surface area contributed by atoms with Crippen LogP contribution in [0.15, 0.2) is 0 Å². The molecule has 0 aromatic heterocycles. The molecule has 0 bridgehead atoms. The molecule has 0 spiro atoms. The summed E-state index contributed by atoms with van der Waals surface area (Å²) >= 11 is 0. The quantitative estimate of drug-likeness (QED) is 0.0755. The molecule has 42 heavy (non-hydrogen) atoms. The molecule has 2 rings (SSSR count). The van der Waals surface area contributed by atoms with Gasteiger partial charge in [-0.25, -0.2) is 4.79 Å². The molecule has 11 heteroatoms. The van der Waals surface area contributed by atoms with Gasteiger partial charge in [0.1, 0.15) is 19.2 Å². The minimum Gasteiger partial charge on any atom is -0.443 e. The van der Waals surface area contributed by atoms with Crippen molar-refractivity contribution in [2.24, 2.45) is 23.5 Å². The number of hydrogen-bond donors (Lipinski definition) is 3. The lowest BCUT2D eigenvalue weighted by atomic mass is 9.62. The van der Waals surface area contributed by atoms with Crippen LogP contribution in [0.1, 0.15) is 65.2 Å². The van der Waals surface area contributed by atoms with Gasteiger partial charge < -0.3 is 39.6 Å². The Bertz CT molecular complexity index is 754. The van der Waals surface area contributed by atoms with Crippen molar-refractivity contribution in [3.05, 3.63) is 0 Å². The summed E-state index contributed by atoms with van der Waals surface area (Å²) in [6, 6.07) is 2.11. The van der Waals surface area contributed by atoms with Crippen molar-refractivity contribution in [3.8, 4) is 0 Å². The maximum absolute atomic E-state index is 12.1. The van der Waals surface area contributed by atoms with Crippen LogP contribution in [-0.2, 0) is 23.7 Å². The van der Waals surface area contributed by atoms with Crippen molar-refractivity contribution < 1.29 is 38.7 Å². The average Bonchev–Trinajstić information content (AvgIpc) is 2.78. The Labute approximate surface area is 257 Å². The third-order valence-corrected chi connectivity index (χ3v) is 12.4. The molecule has 2 fully saturated rings. The Balaban J connectivity index is 2.24. The molecule has 2 atom stereocenters. The van der Waals surface area contributed by atoms with Crippen LogP contribution < -0.4 is 5.73 Å². The number of hydrogen-bond acceptors (Lipinski definition) is 8. The van der Waals surface area contributed by atoms with Crippen LogP contribution in [0, 0.1) is 17.8 Å². The topological polar surface area (TPSA) is 130 Å². The average molecular weight is 634 g/mol. The lowest BCUT2D eigenvalue weighted by Crippen LogP contribution is -2.53. The van der Waals surface area contributed by atoms with E-state index in [-0.39, 0.29) is 31.3 Å². The number of carbonyl (C=O) groups excluding carboxylic acids is 1. The third kappa shape index (κ3) is 14.0. The second kappa shape index (κ2) is 16.2. The van der Waals surface area contributed by atoms with Gasteiger partial charge in [-0.05, 0) is 89.1 Å². The maximum Gasteiger partial charge on any atom is 0.405 e. The smallest absolute Gasteiger partial charge is 0.405 e. The number of primary amides is 1. The second-order valence-corrected chi connectivity index (χ2v) is 27.3. The normalized spacial score (nSPS) is 20.7. The van der Waals surface area contributed by atoms with E-state index in [1.54, 1.807) is 0 Å². The Morgan fingerprint density at radius 2 is 1.14 bits per heavy atom. The van der Waals surface area contributed by atoms with Crippen LogP contribution in [-0.4, -0.2) is 89.3 Å². The fraction of sp³-hybridized carbons (Fsp3) is 0.968. The van der Waals surface area contributed by atoms with Gasteiger partial charge in [0.05, 0.1) is 24.4 Å². The largest absolute Gasteiger partial charge is 0.443 e. The zero-order chi connectivity index (χ0) is 31.7. The molecular weight excluding hydrogens is 571 g/mol. The van der Waals surface area contributed by atoms with Crippen molar-refractivity contribution in [1.29, 1.82) is 0 Å². The molecule has 248 valence electrons. The van der Waals surface area contributed by atoms with E-state index >= 15 is 0 Å². The SMILES string of the molecule is CC(C)(OC(N)=O)C(C(COCOCC[Si](C)(C)C)CC1(O)CCC1)C(COCOCC[Si](C)(C)C)CC1(O)CCC1. The van der Waals surface area contributed by atoms with Gasteiger partial charge in [0.2, 0.25) is 0 Å². The molecule has 2 aliphatic rings. The van der Waals surface area contributed by atoms with Gasteiger partial charge >= 0.3 is 6.09 Å². The number of carbonyl (C=O) groups is 1. The first-order chi connectivity index (χ1) is 19.3. The van der Waals surface area contributed by atoms with Gasteiger partial charge in [-0.15, -0.1) is 0 Å². The number of aliphatic hydroxyl groups is 2. The van der Waals surface area contributed by atoms with Crippen molar-refractivity contribution in [2.45, 2.75) is 133 Å². The molecule has 4 N–H and O–H groups in total. The van der Waals surface area contributed by atoms with Crippen LogP contribution in [0.5, 0.6) is 0 Å². The highest BCUT2D eigenvalue weighted by Crippen LogP contribution is 2.48. The highest BCUT2D eigenvalue weighted by atomic mass is 28.3. The fourth-order valence-electron chi connectivity index (χ4n) is 6.37. The van der Waals surface area contributed by atoms with E-state index in [9.17, 15) is 15.0 Å². The van der Waals surface area contributed by atoms with Crippen molar-refractivity contribution in [1.82, 2.24) is 0 Å². The van der Waals surface area contributed by atoms with E-state index in [1.807, 2.05) is 13.8 Å². The number of ether oxygens (including phenoxy) is 5. The summed E-state index contributed by atoms with van der Waals surface area (Å²) in [4.78, 5) is 12.1. The zero-order valence-electron chi connectivity index (χ0n) is 28.0. The first-order valence-electron chi connectivity index (χ1n) is 16.1. The predicted octanol–water partition coefficient (Wildman–Crippen LogP) is 5.98. The summed E-state index contributed by atoms with van der Waals surface area (Å²) in [6.45, 7) is 19.9. The molecule has 2 unspecified atom stereocenters. The van der Waals surface area contributed by atoms with E-state index in [4.69, 9.17) is 29.4 Å². The fourth-order valence-corrected chi connectivity index (χ4v) is 7.89. The first kappa shape index (κ1) is 37.6. The van der Waals surface area contributed by atoms with E-state index in [0.717, 1.165) is 50.6 Å². The van der Waals surface area contributed by atoms with Gasteiger partial charge in [-0.2, -0.15) is 0 Å². The number of rotatable bonds is 22. The van der Waals surface area contributed by atoms with E-state index < -0.39 is 39.0 Å². The highest BCUT2D eigenvalue weighted by Gasteiger charge is 2.50. The van der Waals surface area contributed by atoms with Crippen LogP contribution in [0.25, 0.3) is 0 Å². The first-order valence-corrected chi connectivity index (χ1v) is 23.5. The van der Waals surface area contributed by atoms with Crippen molar-refractivity contribution >= 4 is 22.2 Å². The standard InChI is InChI=1S/C31H63NO8Si2/c1-29(2,40-28(32)33)27(25(19-30(34)11-9-12-30)21-38-23-36-15-17-41(3,4)5)26(20-31(35)13-10-14-31)22-39-24-37-16-18-42(6,7)8/h25-27,34-35H,9-24H2,1-8H3,(H2,32,33). The molecule has 0 saturated heterocycles. The molecule has 0 aliphatic heterocycles. The monoisotopic (exact) mass is 633 g/mol. The predicted molar refractivity (Wildman–Crippen MR) is 172 cm³/mol. The van der Waals surface area contributed by atoms with Crippen LogP contribution in [0.2, 0.25) is 51.4 Å². The number of amides is 1. The minimum atomic E-state index is -1.21. The Kier molecular flexibility index (Phi) is 14.5. The van der Waals surface area contributed by atoms with Gasteiger partial charge in [0.15, 0.2) is 0 Å². The molecule has 9 nitrogen and oxygen atoms in total. The van der Waals surface area contributed by atoms with E-state index in [2.05, 4.69) is 39.3 Å². The summed E-state index contributed by atoms with van der Waals surface area (Å²) < 4.78 is 29.6. The van der Waals surface area contributed by atoms with Crippen LogP contribution in [0.4, 0.5) is 4.79 Å². The highest BCUT2D eigenvalue weighted by molar-refractivity contribution is 6.76. The molecule has 0 aromatic carbocycles. The Morgan fingerprint density at radius 1 is 0.762 bits per heavy atom. The van der Waals surface area contributed by atoms with Crippen molar-refractivity contribution in [2.75, 3.05) is 40.0 Å². The summed E-state index contributed by atoms with van der Waals surface area (Å²) in [6.07, 6.45) is 5.05. The van der Waals surface area contributed by atoms with E-state index in [0.29, 0.717) is 39.3 Å². The molecule has 2 saturated carbocycles.